The molecule has 0 aromatic rings. The topological polar surface area (TPSA) is 67.4 Å². The van der Waals surface area contributed by atoms with Gasteiger partial charge in [-0.15, -0.1) is 0 Å². The van der Waals surface area contributed by atoms with Crippen LogP contribution in [-0.4, -0.2) is 89.8 Å². The summed E-state index contributed by atoms with van der Waals surface area (Å²) in [6.07, 6.45) is 4.73. The fourth-order valence-electron chi connectivity index (χ4n) is 3.11. The van der Waals surface area contributed by atoms with Gasteiger partial charge in [0.25, 0.3) is 0 Å². The fraction of sp³-hybridized carbons (Fsp3) is 0.947. The van der Waals surface area contributed by atoms with Gasteiger partial charge in [-0.3, -0.25) is 9.89 Å². The summed E-state index contributed by atoms with van der Waals surface area (Å²) in [5.74, 6) is 1.49. The summed E-state index contributed by atoms with van der Waals surface area (Å²) in [5, 5.41) is 6.76. The molecule has 1 atom stereocenters. The molecular formula is C19H38N4O3. The largest absolute Gasteiger partial charge is 0.383 e. The van der Waals surface area contributed by atoms with Crippen molar-refractivity contribution in [3.63, 3.8) is 0 Å². The minimum absolute atomic E-state index is 0.588. The van der Waals surface area contributed by atoms with Crippen molar-refractivity contribution < 1.29 is 14.2 Å². The van der Waals surface area contributed by atoms with E-state index in [1.165, 1.54) is 12.8 Å². The van der Waals surface area contributed by atoms with E-state index in [2.05, 4.69) is 27.4 Å². The first-order valence-corrected chi connectivity index (χ1v) is 10.2. The summed E-state index contributed by atoms with van der Waals surface area (Å²) < 4.78 is 16.3. The quantitative estimate of drug-likeness (QED) is 0.271. The van der Waals surface area contributed by atoms with Crippen molar-refractivity contribution >= 4 is 5.96 Å². The van der Waals surface area contributed by atoms with E-state index in [0.717, 1.165) is 90.6 Å². The molecule has 152 valence electrons. The first-order valence-electron chi connectivity index (χ1n) is 10.2. The lowest BCUT2D eigenvalue weighted by molar-refractivity contribution is 0.0893. The Morgan fingerprint density at radius 1 is 1.19 bits per heavy atom. The molecule has 2 rings (SSSR count). The number of nitrogens with zero attached hydrogens (tertiary/aromatic N) is 2. The smallest absolute Gasteiger partial charge is 0.191 e. The van der Waals surface area contributed by atoms with Crippen LogP contribution in [-0.2, 0) is 14.2 Å². The number of nitrogens with one attached hydrogen (secondary N) is 2. The summed E-state index contributed by atoms with van der Waals surface area (Å²) >= 11 is 0. The molecule has 0 aromatic carbocycles. The molecule has 1 aliphatic carbocycles. The maximum absolute atomic E-state index is 5.73. The summed E-state index contributed by atoms with van der Waals surface area (Å²) in [4.78, 5) is 7.16. The van der Waals surface area contributed by atoms with Crippen LogP contribution in [0.25, 0.3) is 0 Å². The molecule has 1 saturated heterocycles. The predicted molar refractivity (Wildman–Crippen MR) is 105 cm³/mol. The van der Waals surface area contributed by atoms with Gasteiger partial charge in [-0.25, -0.2) is 0 Å². The number of rotatable bonds is 14. The van der Waals surface area contributed by atoms with Crippen molar-refractivity contribution in [2.24, 2.45) is 10.9 Å². The zero-order chi connectivity index (χ0) is 18.5. The van der Waals surface area contributed by atoms with Gasteiger partial charge in [0.05, 0.1) is 19.8 Å². The number of hydrogen-bond donors (Lipinski definition) is 2. The summed E-state index contributed by atoms with van der Waals surface area (Å²) in [5.41, 5.74) is 0. The molecule has 0 bridgehead atoms. The molecule has 0 amide bonds. The van der Waals surface area contributed by atoms with Crippen molar-refractivity contribution in [3.05, 3.63) is 0 Å². The van der Waals surface area contributed by atoms with Gasteiger partial charge in [0.2, 0.25) is 0 Å². The first-order chi connectivity index (χ1) is 12.8. The molecule has 1 heterocycles. The van der Waals surface area contributed by atoms with Crippen molar-refractivity contribution in [3.8, 4) is 0 Å². The first kappa shape index (κ1) is 21.4. The Kier molecular flexibility index (Phi) is 11.0. The number of aliphatic imine (C=N–C) groups is 1. The average molecular weight is 371 g/mol. The summed E-state index contributed by atoms with van der Waals surface area (Å²) in [7, 11) is 1.77. The van der Waals surface area contributed by atoms with Gasteiger partial charge in [0, 0.05) is 65.0 Å². The van der Waals surface area contributed by atoms with Gasteiger partial charge >= 0.3 is 0 Å². The highest BCUT2D eigenvalue weighted by molar-refractivity contribution is 5.79. The lowest BCUT2D eigenvalue weighted by atomic mass is 10.1. The number of methoxy groups -OCH3 is 1. The van der Waals surface area contributed by atoms with Gasteiger partial charge in [0.1, 0.15) is 0 Å². The van der Waals surface area contributed by atoms with Crippen LogP contribution < -0.4 is 10.6 Å². The van der Waals surface area contributed by atoms with Crippen LogP contribution in [0.4, 0.5) is 0 Å². The molecule has 0 spiro atoms. The minimum Gasteiger partial charge on any atom is -0.383 e. The highest BCUT2D eigenvalue weighted by Gasteiger charge is 2.28. The fourth-order valence-corrected chi connectivity index (χ4v) is 3.11. The van der Waals surface area contributed by atoms with E-state index in [9.17, 15) is 0 Å². The maximum atomic E-state index is 5.73. The highest BCUT2D eigenvalue weighted by atomic mass is 16.5. The van der Waals surface area contributed by atoms with E-state index in [1.807, 2.05) is 0 Å². The molecule has 7 nitrogen and oxygen atoms in total. The van der Waals surface area contributed by atoms with E-state index in [-0.39, 0.29) is 0 Å². The van der Waals surface area contributed by atoms with Crippen molar-refractivity contribution in [1.29, 1.82) is 0 Å². The molecule has 0 radical (unpaired) electrons. The van der Waals surface area contributed by atoms with Gasteiger partial charge < -0.3 is 24.8 Å². The molecule has 2 aliphatic rings. The molecule has 1 saturated carbocycles. The predicted octanol–water partition coefficient (Wildman–Crippen LogP) is 1.10. The Balaban J connectivity index is 1.56. The second kappa shape index (κ2) is 13.3. The molecule has 7 heteroatoms. The zero-order valence-electron chi connectivity index (χ0n) is 16.7. The lowest BCUT2D eigenvalue weighted by Crippen LogP contribution is -2.42. The van der Waals surface area contributed by atoms with E-state index in [1.54, 1.807) is 7.11 Å². The summed E-state index contributed by atoms with van der Waals surface area (Å²) in [6.45, 7) is 10.8. The summed E-state index contributed by atoms with van der Waals surface area (Å²) in [6, 6.07) is 0.758. The number of ether oxygens (including phenoxy) is 3. The third kappa shape index (κ3) is 9.16. The van der Waals surface area contributed by atoms with Crippen LogP contribution in [0.5, 0.6) is 0 Å². The maximum Gasteiger partial charge on any atom is 0.191 e. The third-order valence-corrected chi connectivity index (χ3v) is 4.78. The average Bonchev–Trinajstić information content (AvgIpc) is 3.36. The Morgan fingerprint density at radius 2 is 2.08 bits per heavy atom. The molecular weight excluding hydrogens is 332 g/mol. The van der Waals surface area contributed by atoms with E-state index >= 15 is 0 Å². The molecule has 1 unspecified atom stereocenters. The lowest BCUT2D eigenvalue weighted by Gasteiger charge is -2.22. The Labute approximate surface area is 158 Å². The van der Waals surface area contributed by atoms with Crippen LogP contribution in [0.2, 0.25) is 0 Å². The van der Waals surface area contributed by atoms with E-state index in [4.69, 9.17) is 14.2 Å². The normalized spacial score (nSPS) is 20.7. The van der Waals surface area contributed by atoms with Gasteiger partial charge in [-0.05, 0) is 32.6 Å². The molecule has 2 N–H and O–H groups in total. The monoisotopic (exact) mass is 370 g/mol. The SMILES string of the molecule is CCNC(=NCCCOCC1CCOC1)NCCN(CCOC)C1CC1. The van der Waals surface area contributed by atoms with Crippen LogP contribution in [0, 0.1) is 5.92 Å². The Morgan fingerprint density at radius 3 is 2.77 bits per heavy atom. The Bertz CT molecular complexity index is 385. The van der Waals surface area contributed by atoms with Gasteiger partial charge in [-0.2, -0.15) is 0 Å². The molecule has 1 aliphatic heterocycles. The Hall–Kier alpha value is -0.890. The van der Waals surface area contributed by atoms with Crippen LogP contribution >= 0.6 is 0 Å². The zero-order valence-corrected chi connectivity index (χ0v) is 16.7. The van der Waals surface area contributed by atoms with E-state index in [0.29, 0.717) is 5.92 Å². The van der Waals surface area contributed by atoms with Gasteiger partial charge in [0.15, 0.2) is 5.96 Å². The number of guanidine groups is 1. The van der Waals surface area contributed by atoms with Crippen molar-refractivity contribution in [2.75, 3.05) is 72.9 Å². The molecule has 0 aromatic heterocycles. The van der Waals surface area contributed by atoms with E-state index < -0.39 is 0 Å². The standard InChI is InChI=1S/C19H38N4O3/c1-3-20-19(21-8-4-12-25-15-17-7-13-26-16-17)22-9-10-23(11-14-24-2)18-5-6-18/h17-18H,3-16H2,1-2H3,(H2,20,21,22). The second-order valence-electron chi connectivity index (χ2n) is 7.11. The van der Waals surface area contributed by atoms with Crippen molar-refractivity contribution in [2.45, 2.75) is 38.6 Å². The molecule has 26 heavy (non-hydrogen) atoms. The van der Waals surface area contributed by atoms with Crippen LogP contribution in [0.1, 0.15) is 32.6 Å². The van der Waals surface area contributed by atoms with Crippen LogP contribution in [0.3, 0.4) is 0 Å². The molecule has 2 fully saturated rings. The van der Waals surface area contributed by atoms with Gasteiger partial charge in [-0.1, -0.05) is 0 Å². The highest BCUT2D eigenvalue weighted by Crippen LogP contribution is 2.25. The second-order valence-corrected chi connectivity index (χ2v) is 7.11. The van der Waals surface area contributed by atoms with Crippen molar-refractivity contribution in [1.82, 2.24) is 15.5 Å². The number of hydrogen-bond acceptors (Lipinski definition) is 5. The van der Waals surface area contributed by atoms with Crippen LogP contribution in [0.15, 0.2) is 4.99 Å². The minimum atomic E-state index is 0.588. The third-order valence-electron chi connectivity index (χ3n) is 4.78.